The van der Waals surface area contributed by atoms with E-state index in [1.807, 2.05) is 0 Å². The van der Waals surface area contributed by atoms with Crippen LogP contribution in [0.25, 0.3) is 0 Å². The number of nitrogens with zero attached hydrogens (tertiary/aromatic N) is 1. The average Bonchev–Trinajstić information content (AvgIpc) is 2.65. The molecule has 0 atom stereocenters. The van der Waals surface area contributed by atoms with Crippen molar-refractivity contribution in [2.24, 2.45) is 0 Å². The molecule has 0 bridgehead atoms. The van der Waals surface area contributed by atoms with Crippen LogP contribution in [0.2, 0.25) is 0 Å². The Morgan fingerprint density at radius 2 is 1.74 bits per heavy atom. The smallest absolute Gasteiger partial charge is 0.270 e. The first-order chi connectivity index (χ1) is 12.8. The maximum absolute atomic E-state index is 12.0. The van der Waals surface area contributed by atoms with E-state index in [-0.39, 0.29) is 30.2 Å². The fourth-order valence-electron chi connectivity index (χ4n) is 2.20. The third kappa shape index (κ3) is 6.24. The van der Waals surface area contributed by atoms with Crippen LogP contribution in [0, 0.1) is 10.1 Å². The molecule has 0 heterocycles. The lowest BCUT2D eigenvalue weighted by atomic mass is 10.2. The van der Waals surface area contributed by atoms with Gasteiger partial charge in [-0.3, -0.25) is 24.5 Å². The highest BCUT2D eigenvalue weighted by atomic mass is 16.6. The Kier molecular flexibility index (Phi) is 6.59. The molecule has 0 unspecified atom stereocenters. The van der Waals surface area contributed by atoms with E-state index in [0.29, 0.717) is 5.69 Å². The van der Waals surface area contributed by atoms with Crippen molar-refractivity contribution in [3.8, 4) is 0 Å². The number of benzene rings is 2. The standard InChI is InChI=1S/C18H18N4O5/c1-12(23)21-15-7-5-13(6-8-15)10-19-17(24)11-20-18(25)14-3-2-4-16(9-14)22(26)27/h2-9H,10-11H2,1H3,(H,19,24)(H,20,25)(H,21,23). The molecular formula is C18H18N4O5. The molecule has 0 aliphatic carbocycles. The zero-order valence-electron chi connectivity index (χ0n) is 14.5. The molecule has 0 aromatic heterocycles. The molecule has 0 radical (unpaired) electrons. The van der Waals surface area contributed by atoms with Crippen LogP contribution >= 0.6 is 0 Å². The van der Waals surface area contributed by atoms with E-state index in [1.54, 1.807) is 24.3 Å². The van der Waals surface area contributed by atoms with Gasteiger partial charge >= 0.3 is 0 Å². The molecule has 0 spiro atoms. The zero-order valence-corrected chi connectivity index (χ0v) is 14.5. The summed E-state index contributed by atoms with van der Waals surface area (Å²) in [4.78, 5) is 44.9. The first-order valence-corrected chi connectivity index (χ1v) is 8.01. The Hall–Kier alpha value is -3.75. The Bertz CT molecular complexity index is 864. The topological polar surface area (TPSA) is 130 Å². The molecule has 3 N–H and O–H groups in total. The van der Waals surface area contributed by atoms with Crippen LogP contribution in [0.15, 0.2) is 48.5 Å². The van der Waals surface area contributed by atoms with Crippen LogP contribution in [-0.2, 0) is 16.1 Å². The van der Waals surface area contributed by atoms with Gasteiger partial charge in [0, 0.05) is 36.9 Å². The number of nitrogens with one attached hydrogen (secondary N) is 3. The highest BCUT2D eigenvalue weighted by Gasteiger charge is 2.12. The fraction of sp³-hybridized carbons (Fsp3) is 0.167. The van der Waals surface area contributed by atoms with E-state index in [0.717, 1.165) is 11.6 Å². The van der Waals surface area contributed by atoms with Gasteiger partial charge in [-0.2, -0.15) is 0 Å². The summed E-state index contributed by atoms with van der Waals surface area (Å²) in [5.74, 6) is -1.15. The van der Waals surface area contributed by atoms with Gasteiger partial charge < -0.3 is 16.0 Å². The molecule has 2 rings (SSSR count). The molecule has 2 aromatic carbocycles. The van der Waals surface area contributed by atoms with Crippen molar-refractivity contribution in [2.45, 2.75) is 13.5 Å². The second-order valence-corrected chi connectivity index (χ2v) is 5.64. The van der Waals surface area contributed by atoms with Crippen LogP contribution in [0.5, 0.6) is 0 Å². The molecule has 27 heavy (non-hydrogen) atoms. The van der Waals surface area contributed by atoms with Crippen molar-refractivity contribution in [1.29, 1.82) is 0 Å². The minimum atomic E-state index is -0.597. The number of nitro benzene ring substituents is 1. The predicted molar refractivity (Wildman–Crippen MR) is 98.0 cm³/mol. The minimum Gasteiger partial charge on any atom is -0.350 e. The van der Waals surface area contributed by atoms with Gasteiger partial charge in [-0.25, -0.2) is 0 Å². The highest BCUT2D eigenvalue weighted by Crippen LogP contribution is 2.13. The molecule has 140 valence electrons. The van der Waals surface area contributed by atoms with E-state index in [2.05, 4.69) is 16.0 Å². The monoisotopic (exact) mass is 370 g/mol. The number of hydrogen-bond acceptors (Lipinski definition) is 5. The van der Waals surface area contributed by atoms with E-state index in [4.69, 9.17) is 0 Å². The van der Waals surface area contributed by atoms with Gasteiger partial charge in [0.05, 0.1) is 11.5 Å². The summed E-state index contributed by atoms with van der Waals surface area (Å²) in [5.41, 5.74) is 1.38. The van der Waals surface area contributed by atoms with Crippen molar-refractivity contribution in [1.82, 2.24) is 10.6 Å². The van der Waals surface area contributed by atoms with Gasteiger partial charge in [0.15, 0.2) is 0 Å². The second kappa shape index (κ2) is 9.09. The molecule has 3 amide bonds. The van der Waals surface area contributed by atoms with Crippen LogP contribution in [-0.4, -0.2) is 29.2 Å². The summed E-state index contributed by atoms with van der Waals surface area (Å²) in [6, 6.07) is 12.2. The lowest BCUT2D eigenvalue weighted by molar-refractivity contribution is -0.384. The van der Waals surface area contributed by atoms with Gasteiger partial charge in [0.1, 0.15) is 0 Å². The number of rotatable bonds is 7. The summed E-state index contributed by atoms with van der Waals surface area (Å²) in [7, 11) is 0. The Labute approximate surface area is 154 Å². The lowest BCUT2D eigenvalue weighted by Crippen LogP contribution is -2.36. The number of non-ortho nitro benzene ring substituents is 1. The SMILES string of the molecule is CC(=O)Nc1ccc(CNC(=O)CNC(=O)c2cccc([N+](=O)[O-])c2)cc1. The number of nitro groups is 1. The van der Waals surface area contributed by atoms with Crippen molar-refractivity contribution in [3.05, 3.63) is 69.8 Å². The quantitative estimate of drug-likeness (QED) is 0.503. The van der Waals surface area contributed by atoms with Gasteiger partial charge in [0.25, 0.3) is 11.6 Å². The molecule has 0 aliphatic heterocycles. The third-order valence-corrected chi connectivity index (χ3v) is 3.49. The largest absolute Gasteiger partial charge is 0.350 e. The summed E-state index contributed by atoms with van der Waals surface area (Å²) in [6.45, 7) is 1.41. The molecule has 9 heteroatoms. The van der Waals surface area contributed by atoms with Crippen molar-refractivity contribution in [2.75, 3.05) is 11.9 Å². The predicted octanol–water partition coefficient (Wildman–Crippen LogP) is 1.60. The highest BCUT2D eigenvalue weighted by molar-refractivity contribution is 5.97. The Morgan fingerprint density at radius 3 is 2.37 bits per heavy atom. The van der Waals surface area contributed by atoms with Crippen molar-refractivity contribution < 1.29 is 19.3 Å². The number of hydrogen-bond donors (Lipinski definition) is 3. The number of amides is 3. The van der Waals surface area contributed by atoms with E-state index < -0.39 is 16.7 Å². The van der Waals surface area contributed by atoms with Crippen LogP contribution in [0.1, 0.15) is 22.8 Å². The van der Waals surface area contributed by atoms with E-state index >= 15 is 0 Å². The molecule has 9 nitrogen and oxygen atoms in total. The Morgan fingerprint density at radius 1 is 1.04 bits per heavy atom. The summed E-state index contributed by atoms with van der Waals surface area (Å²) in [6.07, 6.45) is 0. The molecule has 0 aliphatic rings. The molecule has 2 aromatic rings. The minimum absolute atomic E-state index is 0.102. The molecular weight excluding hydrogens is 352 g/mol. The maximum atomic E-state index is 12.0. The van der Waals surface area contributed by atoms with Crippen molar-refractivity contribution >= 4 is 29.1 Å². The first kappa shape index (κ1) is 19.6. The number of carbonyl (C=O) groups is 3. The summed E-state index contributed by atoms with van der Waals surface area (Å²) < 4.78 is 0. The third-order valence-electron chi connectivity index (χ3n) is 3.49. The maximum Gasteiger partial charge on any atom is 0.270 e. The van der Waals surface area contributed by atoms with Gasteiger partial charge in [-0.05, 0) is 23.8 Å². The number of anilines is 1. The van der Waals surface area contributed by atoms with Crippen molar-refractivity contribution in [3.63, 3.8) is 0 Å². The summed E-state index contributed by atoms with van der Waals surface area (Å²) >= 11 is 0. The first-order valence-electron chi connectivity index (χ1n) is 8.01. The molecule has 0 saturated heterocycles. The Balaban J connectivity index is 1.80. The van der Waals surface area contributed by atoms with Crippen LogP contribution < -0.4 is 16.0 Å². The van der Waals surface area contributed by atoms with Gasteiger partial charge in [-0.15, -0.1) is 0 Å². The second-order valence-electron chi connectivity index (χ2n) is 5.64. The van der Waals surface area contributed by atoms with Gasteiger partial charge in [-0.1, -0.05) is 18.2 Å². The zero-order chi connectivity index (χ0) is 19.8. The lowest BCUT2D eigenvalue weighted by Gasteiger charge is -2.08. The number of carbonyl (C=O) groups excluding carboxylic acids is 3. The van der Waals surface area contributed by atoms with Gasteiger partial charge in [0.2, 0.25) is 11.8 Å². The normalized spacial score (nSPS) is 9.96. The summed E-state index contributed by atoms with van der Waals surface area (Å²) in [5, 5.41) is 18.4. The van der Waals surface area contributed by atoms with Crippen LogP contribution in [0.4, 0.5) is 11.4 Å². The van der Waals surface area contributed by atoms with E-state index in [1.165, 1.54) is 25.1 Å². The van der Waals surface area contributed by atoms with E-state index in [9.17, 15) is 24.5 Å². The molecule has 0 fully saturated rings. The average molecular weight is 370 g/mol. The molecule has 0 saturated carbocycles. The fourth-order valence-corrected chi connectivity index (χ4v) is 2.20. The van der Waals surface area contributed by atoms with Crippen LogP contribution in [0.3, 0.4) is 0 Å².